The third-order valence-corrected chi connectivity index (χ3v) is 2.02. The summed E-state index contributed by atoms with van der Waals surface area (Å²) in [6, 6.07) is 2.43. The molecule has 0 atom stereocenters. The molecule has 0 aliphatic rings. The van der Waals surface area contributed by atoms with E-state index in [1.807, 2.05) is 0 Å². The van der Waals surface area contributed by atoms with Crippen LogP contribution in [-0.2, 0) is 0 Å². The van der Waals surface area contributed by atoms with Gasteiger partial charge >= 0.3 is 0 Å². The van der Waals surface area contributed by atoms with E-state index in [0.29, 0.717) is 0 Å². The maximum Gasteiger partial charge on any atom is 0.281 e. The van der Waals surface area contributed by atoms with Gasteiger partial charge in [0.15, 0.2) is 5.69 Å². The molecule has 0 saturated carbocycles. The van der Waals surface area contributed by atoms with Gasteiger partial charge in [0.1, 0.15) is 11.8 Å². The number of halogens is 4. The lowest BCUT2D eigenvalue weighted by Gasteiger charge is -2.05. The first kappa shape index (κ1) is 11.8. The molecule has 1 heterocycles. The van der Waals surface area contributed by atoms with Crippen LogP contribution in [0.3, 0.4) is 0 Å². The van der Waals surface area contributed by atoms with Crippen molar-refractivity contribution < 1.29 is 13.6 Å². The van der Waals surface area contributed by atoms with E-state index >= 15 is 0 Å². The molecule has 0 aliphatic carbocycles. The number of carbonyl (C=O) groups excluding carboxylic acids is 1. The van der Waals surface area contributed by atoms with Crippen molar-refractivity contribution in [2.45, 2.75) is 6.43 Å². The van der Waals surface area contributed by atoms with Crippen molar-refractivity contribution in [3.63, 3.8) is 0 Å². The molecule has 0 saturated heterocycles. The van der Waals surface area contributed by atoms with Crippen LogP contribution in [0.1, 0.15) is 28.2 Å². The lowest BCUT2D eigenvalue weighted by molar-refractivity contribution is 0.106. The number of hydrogen-bond acceptors (Lipinski definition) is 3. The number of alkyl halides is 2. The van der Waals surface area contributed by atoms with Gasteiger partial charge in [-0.2, -0.15) is 5.26 Å². The highest BCUT2D eigenvalue weighted by Crippen LogP contribution is 2.26. The number of rotatable bonds is 2. The van der Waals surface area contributed by atoms with Gasteiger partial charge in [-0.25, -0.2) is 13.8 Å². The third kappa shape index (κ3) is 2.41. The number of hydrogen-bond donors (Lipinski definition) is 0. The van der Waals surface area contributed by atoms with Crippen LogP contribution in [0.15, 0.2) is 6.07 Å². The van der Waals surface area contributed by atoms with Crippen LogP contribution in [-0.4, -0.2) is 10.2 Å². The number of pyridine rings is 1. The van der Waals surface area contributed by atoms with E-state index in [2.05, 4.69) is 4.98 Å². The van der Waals surface area contributed by atoms with Gasteiger partial charge in [-0.05, 0) is 17.7 Å². The zero-order valence-corrected chi connectivity index (χ0v) is 8.48. The molecule has 78 valence electrons. The van der Waals surface area contributed by atoms with Gasteiger partial charge in [0.05, 0.1) is 10.6 Å². The predicted octanol–water partition coefficient (Wildman–Crippen LogP) is 2.92. The molecule has 0 N–H and O–H groups in total. The smallest absolute Gasteiger partial charge is 0.276 e. The first-order valence-corrected chi connectivity index (χ1v) is 4.31. The van der Waals surface area contributed by atoms with Crippen molar-refractivity contribution in [2.75, 3.05) is 0 Å². The highest BCUT2D eigenvalue weighted by molar-refractivity contribution is 6.68. The summed E-state index contributed by atoms with van der Waals surface area (Å²) in [5.74, 6) is 0. The molecule has 1 aromatic heterocycles. The van der Waals surface area contributed by atoms with Crippen molar-refractivity contribution in [1.29, 1.82) is 5.26 Å². The maximum absolute atomic E-state index is 12.4. The number of aromatic nitrogens is 1. The van der Waals surface area contributed by atoms with E-state index in [0.717, 1.165) is 6.07 Å². The highest BCUT2D eigenvalue weighted by atomic mass is 35.5. The number of nitrogens with zero attached hydrogens (tertiary/aromatic N) is 2. The van der Waals surface area contributed by atoms with Crippen molar-refractivity contribution in [3.8, 4) is 6.07 Å². The second-order valence-electron chi connectivity index (χ2n) is 2.44. The molecule has 0 radical (unpaired) electrons. The Morgan fingerprint density at radius 3 is 2.60 bits per heavy atom. The molecule has 3 nitrogen and oxygen atoms in total. The van der Waals surface area contributed by atoms with E-state index in [1.165, 1.54) is 6.07 Å². The molecule has 0 aliphatic heterocycles. The van der Waals surface area contributed by atoms with E-state index in [-0.39, 0.29) is 10.7 Å². The van der Waals surface area contributed by atoms with E-state index < -0.39 is 22.9 Å². The van der Waals surface area contributed by atoms with Crippen LogP contribution >= 0.6 is 23.2 Å². The Hall–Kier alpha value is -1.25. The molecule has 0 amide bonds. The molecule has 1 aromatic rings. The fraction of sp³-hybridized carbons (Fsp3) is 0.125. The fourth-order valence-corrected chi connectivity index (χ4v) is 1.25. The quantitative estimate of drug-likeness (QED) is 0.759. The second-order valence-corrected chi connectivity index (χ2v) is 3.19. The Balaban J connectivity index is 3.47. The van der Waals surface area contributed by atoms with Gasteiger partial charge in [0.2, 0.25) is 0 Å². The largest absolute Gasteiger partial charge is 0.281 e. The van der Waals surface area contributed by atoms with Crippen LogP contribution < -0.4 is 0 Å². The predicted molar refractivity (Wildman–Crippen MR) is 49.1 cm³/mol. The average molecular weight is 251 g/mol. The molecular weight excluding hydrogens is 249 g/mol. The monoisotopic (exact) mass is 250 g/mol. The Bertz CT molecular complexity index is 457. The lowest BCUT2D eigenvalue weighted by Crippen LogP contribution is -2.04. The second kappa shape index (κ2) is 4.51. The molecule has 15 heavy (non-hydrogen) atoms. The minimum atomic E-state index is -2.99. The summed E-state index contributed by atoms with van der Waals surface area (Å²) in [7, 11) is 0. The summed E-state index contributed by atoms with van der Waals surface area (Å²) in [6.45, 7) is 0. The number of carbonyl (C=O) groups is 1. The topological polar surface area (TPSA) is 53.8 Å². The van der Waals surface area contributed by atoms with E-state index in [9.17, 15) is 13.6 Å². The third-order valence-electron chi connectivity index (χ3n) is 1.53. The van der Waals surface area contributed by atoms with Gasteiger partial charge < -0.3 is 0 Å². The van der Waals surface area contributed by atoms with Crippen LogP contribution in [0.4, 0.5) is 8.78 Å². The molecule has 0 unspecified atom stereocenters. The van der Waals surface area contributed by atoms with Crippen molar-refractivity contribution in [3.05, 3.63) is 28.0 Å². The van der Waals surface area contributed by atoms with Crippen molar-refractivity contribution in [2.24, 2.45) is 0 Å². The van der Waals surface area contributed by atoms with E-state index in [1.54, 1.807) is 0 Å². The van der Waals surface area contributed by atoms with Crippen LogP contribution in [0, 0.1) is 11.3 Å². The average Bonchev–Trinajstić information content (AvgIpc) is 2.16. The summed E-state index contributed by atoms with van der Waals surface area (Å²) in [4.78, 5) is 14.0. The summed E-state index contributed by atoms with van der Waals surface area (Å²) >= 11 is 10.6. The zero-order chi connectivity index (χ0) is 11.6. The SMILES string of the molecule is N#Cc1nc(C(F)F)c(C(=O)Cl)cc1Cl. The Labute approximate surface area is 93.2 Å². The first-order chi connectivity index (χ1) is 6.97. The van der Waals surface area contributed by atoms with Gasteiger partial charge in [-0.1, -0.05) is 11.6 Å². The summed E-state index contributed by atoms with van der Waals surface area (Å²) in [6.07, 6.45) is -2.99. The maximum atomic E-state index is 12.4. The minimum absolute atomic E-state index is 0.189. The summed E-state index contributed by atoms with van der Waals surface area (Å²) in [5.41, 5.74) is -1.69. The summed E-state index contributed by atoms with van der Waals surface area (Å²) in [5, 5.41) is 7.21. The van der Waals surface area contributed by atoms with Gasteiger partial charge in [0.25, 0.3) is 11.7 Å². The first-order valence-electron chi connectivity index (χ1n) is 3.56. The van der Waals surface area contributed by atoms with Gasteiger partial charge in [0, 0.05) is 0 Å². The van der Waals surface area contributed by atoms with Crippen molar-refractivity contribution >= 4 is 28.4 Å². The molecule has 1 rings (SSSR count). The molecular formula is C8H2Cl2F2N2O. The van der Waals surface area contributed by atoms with Crippen molar-refractivity contribution in [1.82, 2.24) is 4.98 Å². The van der Waals surface area contributed by atoms with Crippen LogP contribution in [0.2, 0.25) is 5.02 Å². The Kier molecular flexibility index (Phi) is 3.56. The van der Waals surface area contributed by atoms with E-state index in [4.69, 9.17) is 28.5 Å². The van der Waals surface area contributed by atoms with Gasteiger partial charge in [-0.3, -0.25) is 4.79 Å². The highest BCUT2D eigenvalue weighted by Gasteiger charge is 2.21. The Morgan fingerprint density at radius 2 is 2.20 bits per heavy atom. The standard InChI is InChI=1S/C8H2Cl2F2N2O/c9-4-1-3(7(10)15)6(8(11)12)14-5(4)2-13/h1,8H. The Morgan fingerprint density at radius 1 is 1.60 bits per heavy atom. The minimum Gasteiger partial charge on any atom is -0.276 e. The number of nitriles is 1. The zero-order valence-electron chi connectivity index (χ0n) is 6.97. The van der Waals surface area contributed by atoms with Crippen LogP contribution in [0.5, 0.6) is 0 Å². The molecule has 7 heteroatoms. The molecule has 0 spiro atoms. The summed E-state index contributed by atoms with van der Waals surface area (Å²) < 4.78 is 24.8. The fourth-order valence-electron chi connectivity index (χ4n) is 0.905. The molecule has 0 fully saturated rings. The normalized spacial score (nSPS) is 10.1. The van der Waals surface area contributed by atoms with Gasteiger partial charge in [-0.15, -0.1) is 0 Å². The lowest BCUT2D eigenvalue weighted by atomic mass is 10.2. The van der Waals surface area contributed by atoms with Crippen LogP contribution in [0.25, 0.3) is 0 Å². The molecule has 0 bridgehead atoms. The molecule has 0 aromatic carbocycles.